The molecule has 2 aromatic rings. The van der Waals surface area contributed by atoms with Crippen LogP contribution in [0.3, 0.4) is 0 Å². The van der Waals surface area contributed by atoms with E-state index in [0.29, 0.717) is 28.2 Å². The summed E-state index contributed by atoms with van der Waals surface area (Å²) in [5, 5.41) is 0.424. The Morgan fingerprint density at radius 1 is 1.38 bits per heavy atom. The lowest BCUT2D eigenvalue weighted by molar-refractivity contribution is 0.0723. The molecule has 0 N–H and O–H groups in total. The number of aromatic nitrogens is 1. The number of halogens is 1. The second-order valence-corrected chi connectivity index (χ2v) is 8.58. The van der Waals surface area contributed by atoms with Crippen LogP contribution in [0.15, 0.2) is 34.7 Å². The molecule has 1 aliphatic rings. The van der Waals surface area contributed by atoms with Crippen molar-refractivity contribution in [3.8, 4) is 5.88 Å². The van der Waals surface area contributed by atoms with Crippen molar-refractivity contribution in [3.05, 3.63) is 40.4 Å². The summed E-state index contributed by atoms with van der Waals surface area (Å²) in [7, 11) is -3.40. The molecular weight excluding hydrogens is 332 g/mol. The Hall–Kier alpha value is -1.15. The van der Waals surface area contributed by atoms with E-state index in [1.165, 1.54) is 15.6 Å². The van der Waals surface area contributed by atoms with Crippen LogP contribution in [-0.4, -0.2) is 36.9 Å². The Balaban J connectivity index is 1.65. The van der Waals surface area contributed by atoms with Gasteiger partial charge in [-0.2, -0.15) is 4.31 Å². The predicted molar refractivity (Wildman–Crippen MR) is 81.5 cm³/mol. The fourth-order valence-corrected chi connectivity index (χ4v) is 5.07. The number of hydrogen-bond acceptors (Lipinski definition) is 5. The number of ether oxygens (including phenoxy) is 1. The number of thiophene rings is 1. The minimum Gasteiger partial charge on any atom is -0.470 e. The molecular formula is C13H13ClN2O3S2. The van der Waals surface area contributed by atoms with Crippen molar-refractivity contribution in [2.75, 3.05) is 13.1 Å². The molecule has 8 heteroatoms. The zero-order valence-corrected chi connectivity index (χ0v) is 13.6. The maximum absolute atomic E-state index is 12.3. The van der Waals surface area contributed by atoms with Crippen molar-refractivity contribution in [2.24, 2.45) is 0 Å². The van der Waals surface area contributed by atoms with Crippen LogP contribution >= 0.6 is 22.9 Å². The maximum atomic E-state index is 12.3. The third kappa shape index (κ3) is 2.91. The van der Waals surface area contributed by atoms with E-state index in [1.54, 1.807) is 30.5 Å². The lowest BCUT2D eigenvalue weighted by Gasteiger charge is -2.37. The summed E-state index contributed by atoms with van der Waals surface area (Å²) in [5.41, 5.74) is 0. The molecule has 0 bridgehead atoms. The van der Waals surface area contributed by atoms with Gasteiger partial charge in [0.25, 0.3) is 10.0 Å². The highest BCUT2D eigenvalue weighted by molar-refractivity contribution is 7.91. The molecule has 0 aliphatic carbocycles. The first-order valence-electron chi connectivity index (χ1n) is 6.30. The summed E-state index contributed by atoms with van der Waals surface area (Å²) in [6, 6.07) is 6.84. The fraction of sp³-hybridized carbons (Fsp3) is 0.308. The van der Waals surface area contributed by atoms with Crippen LogP contribution in [0.4, 0.5) is 0 Å². The average molecular weight is 345 g/mol. The molecule has 0 unspecified atom stereocenters. The molecule has 0 aromatic carbocycles. The van der Waals surface area contributed by atoms with Gasteiger partial charge in [-0.05, 0) is 31.2 Å². The molecule has 3 rings (SSSR count). The normalized spacial score (nSPS) is 16.7. The summed E-state index contributed by atoms with van der Waals surface area (Å²) < 4.78 is 32.0. The van der Waals surface area contributed by atoms with Gasteiger partial charge in [-0.1, -0.05) is 11.6 Å². The van der Waals surface area contributed by atoms with E-state index in [2.05, 4.69) is 4.98 Å². The molecule has 0 spiro atoms. The van der Waals surface area contributed by atoms with Gasteiger partial charge in [0, 0.05) is 11.1 Å². The molecule has 0 saturated carbocycles. The van der Waals surface area contributed by atoms with Crippen LogP contribution in [0.25, 0.3) is 0 Å². The number of sulfonamides is 1. The van der Waals surface area contributed by atoms with Crippen LogP contribution < -0.4 is 4.74 Å². The highest BCUT2D eigenvalue weighted by atomic mass is 35.5. The smallest absolute Gasteiger partial charge is 0.252 e. The van der Waals surface area contributed by atoms with Crippen molar-refractivity contribution in [2.45, 2.75) is 17.2 Å². The highest BCUT2D eigenvalue weighted by Crippen LogP contribution is 2.29. The Bertz CT molecular complexity index is 754. The van der Waals surface area contributed by atoms with E-state index >= 15 is 0 Å². The van der Waals surface area contributed by atoms with Gasteiger partial charge in [0.1, 0.15) is 15.3 Å². The van der Waals surface area contributed by atoms with E-state index in [1.807, 2.05) is 6.92 Å². The van der Waals surface area contributed by atoms with Gasteiger partial charge in [0.15, 0.2) is 0 Å². The quantitative estimate of drug-likeness (QED) is 0.855. The molecule has 3 heterocycles. The summed E-state index contributed by atoms with van der Waals surface area (Å²) >= 11 is 7.23. The first kappa shape index (κ1) is 14.8. The van der Waals surface area contributed by atoms with Gasteiger partial charge in [-0.25, -0.2) is 13.4 Å². The average Bonchev–Trinajstić information content (AvgIpc) is 2.82. The summed E-state index contributed by atoms with van der Waals surface area (Å²) in [4.78, 5) is 5.00. The third-order valence-electron chi connectivity index (χ3n) is 3.13. The van der Waals surface area contributed by atoms with Crippen LogP contribution in [0.2, 0.25) is 5.02 Å². The van der Waals surface area contributed by atoms with Crippen molar-refractivity contribution in [3.63, 3.8) is 0 Å². The van der Waals surface area contributed by atoms with Gasteiger partial charge in [-0.3, -0.25) is 0 Å². The first-order valence-corrected chi connectivity index (χ1v) is 8.94. The minimum atomic E-state index is -3.40. The molecule has 1 fully saturated rings. The molecule has 2 aromatic heterocycles. The lowest BCUT2D eigenvalue weighted by Crippen LogP contribution is -2.55. The van der Waals surface area contributed by atoms with Gasteiger partial charge < -0.3 is 4.74 Å². The zero-order chi connectivity index (χ0) is 15.0. The maximum Gasteiger partial charge on any atom is 0.252 e. The minimum absolute atomic E-state index is 0.215. The number of rotatable bonds is 4. The predicted octanol–water partition coefficient (Wildman–Crippen LogP) is 2.56. The van der Waals surface area contributed by atoms with Crippen LogP contribution in [0, 0.1) is 6.92 Å². The van der Waals surface area contributed by atoms with Gasteiger partial charge in [0.2, 0.25) is 5.88 Å². The number of nitrogens with zero attached hydrogens (tertiary/aromatic N) is 2. The fourth-order valence-electron chi connectivity index (χ4n) is 1.97. The van der Waals surface area contributed by atoms with E-state index in [-0.39, 0.29) is 6.10 Å². The number of pyridine rings is 1. The molecule has 5 nitrogen and oxygen atoms in total. The van der Waals surface area contributed by atoms with Crippen molar-refractivity contribution < 1.29 is 13.2 Å². The number of hydrogen-bond donors (Lipinski definition) is 0. The Labute approximate surface area is 132 Å². The molecule has 0 amide bonds. The van der Waals surface area contributed by atoms with Crippen molar-refractivity contribution >= 4 is 33.0 Å². The summed E-state index contributed by atoms with van der Waals surface area (Å²) in [6.45, 7) is 2.51. The number of aryl methyl sites for hydroxylation is 1. The third-order valence-corrected chi connectivity index (χ3v) is 6.71. The van der Waals surface area contributed by atoms with Crippen molar-refractivity contribution in [1.82, 2.24) is 9.29 Å². The van der Waals surface area contributed by atoms with Gasteiger partial charge >= 0.3 is 0 Å². The summed E-state index contributed by atoms with van der Waals surface area (Å²) in [5.74, 6) is 0.341. The monoisotopic (exact) mass is 344 g/mol. The second-order valence-electron chi connectivity index (χ2n) is 4.72. The van der Waals surface area contributed by atoms with Crippen LogP contribution in [0.5, 0.6) is 5.88 Å². The summed E-state index contributed by atoms with van der Waals surface area (Å²) in [6.07, 6.45) is 1.37. The largest absolute Gasteiger partial charge is 0.470 e. The van der Waals surface area contributed by atoms with Crippen molar-refractivity contribution in [1.29, 1.82) is 0 Å². The van der Waals surface area contributed by atoms with Gasteiger partial charge in [-0.15, -0.1) is 11.3 Å². The molecule has 1 saturated heterocycles. The Morgan fingerprint density at radius 2 is 2.14 bits per heavy atom. The standard InChI is InChI=1S/C13H13ClN2O3S2/c1-9-4-5-12(20-9)21(17,18)16-7-10(8-16)19-13-11(14)3-2-6-15-13/h2-6,10H,7-8H2,1H3. The molecule has 0 radical (unpaired) electrons. The highest BCUT2D eigenvalue weighted by Gasteiger charge is 2.39. The van der Waals surface area contributed by atoms with Gasteiger partial charge in [0.05, 0.1) is 13.1 Å². The molecule has 21 heavy (non-hydrogen) atoms. The van der Waals surface area contributed by atoms with E-state index < -0.39 is 10.0 Å². The topological polar surface area (TPSA) is 59.5 Å². The second kappa shape index (κ2) is 5.57. The SMILES string of the molecule is Cc1ccc(S(=O)(=O)N2CC(Oc3ncccc3Cl)C2)s1. The molecule has 1 aliphatic heterocycles. The van der Waals surface area contributed by atoms with E-state index in [9.17, 15) is 8.42 Å². The first-order chi connectivity index (χ1) is 9.96. The Morgan fingerprint density at radius 3 is 2.76 bits per heavy atom. The Kier molecular flexibility index (Phi) is 3.92. The molecule has 0 atom stereocenters. The van der Waals surface area contributed by atoms with Crippen LogP contribution in [0.1, 0.15) is 4.88 Å². The molecule has 112 valence electrons. The van der Waals surface area contributed by atoms with Crippen LogP contribution in [-0.2, 0) is 10.0 Å². The van der Waals surface area contributed by atoms with E-state index in [4.69, 9.17) is 16.3 Å². The lowest BCUT2D eigenvalue weighted by atomic mass is 10.2. The van der Waals surface area contributed by atoms with E-state index in [0.717, 1.165) is 4.88 Å². The zero-order valence-electron chi connectivity index (χ0n) is 11.2.